The zero-order chi connectivity index (χ0) is 10.8. The van der Waals surface area contributed by atoms with E-state index in [1.807, 2.05) is 13.8 Å². The number of ether oxygens (including phenoxy) is 1. The Morgan fingerprint density at radius 3 is 2.50 bits per heavy atom. The molecule has 1 aliphatic rings. The lowest BCUT2D eigenvalue weighted by Gasteiger charge is -2.35. The summed E-state index contributed by atoms with van der Waals surface area (Å²) in [6.07, 6.45) is 2.47. The van der Waals surface area contributed by atoms with Crippen LogP contribution in [0.1, 0.15) is 33.6 Å². The third-order valence-corrected chi connectivity index (χ3v) is 2.94. The van der Waals surface area contributed by atoms with Gasteiger partial charge in [-0.25, -0.2) is 0 Å². The summed E-state index contributed by atoms with van der Waals surface area (Å²) in [6, 6.07) is 0.605. The summed E-state index contributed by atoms with van der Waals surface area (Å²) in [7, 11) is 1.44. The molecule has 0 atom stereocenters. The number of rotatable bonds is 4. The number of esters is 1. The van der Waals surface area contributed by atoms with Gasteiger partial charge in [0.1, 0.15) is 0 Å². The highest BCUT2D eigenvalue weighted by atomic mass is 16.5. The molecule has 3 nitrogen and oxygen atoms in total. The number of hydrogen-bond acceptors (Lipinski definition) is 3. The van der Waals surface area contributed by atoms with Crippen molar-refractivity contribution in [2.24, 2.45) is 11.3 Å². The van der Waals surface area contributed by atoms with Gasteiger partial charge in [-0.15, -0.1) is 0 Å². The Labute approximate surface area is 86.2 Å². The first-order chi connectivity index (χ1) is 6.45. The lowest BCUT2D eigenvalue weighted by molar-refractivity contribution is -0.150. The fourth-order valence-electron chi connectivity index (χ4n) is 1.82. The van der Waals surface area contributed by atoms with Crippen LogP contribution in [0.3, 0.4) is 0 Å². The molecule has 82 valence electrons. The van der Waals surface area contributed by atoms with Crippen molar-refractivity contribution in [3.05, 3.63) is 0 Å². The Kier molecular flexibility index (Phi) is 3.53. The molecule has 1 aliphatic carbocycles. The third kappa shape index (κ3) is 2.71. The molecule has 1 saturated carbocycles. The molecule has 0 radical (unpaired) electrons. The monoisotopic (exact) mass is 199 g/mol. The molecule has 1 fully saturated rings. The quantitative estimate of drug-likeness (QED) is 0.698. The molecule has 0 aliphatic heterocycles. The number of nitrogens with one attached hydrogen (secondary N) is 1. The summed E-state index contributed by atoms with van der Waals surface area (Å²) >= 11 is 0. The maximum absolute atomic E-state index is 11.4. The van der Waals surface area contributed by atoms with Crippen LogP contribution in [0.2, 0.25) is 0 Å². The number of carbonyl (C=O) groups is 1. The molecule has 0 aromatic carbocycles. The van der Waals surface area contributed by atoms with E-state index in [-0.39, 0.29) is 5.97 Å². The topological polar surface area (TPSA) is 38.3 Å². The van der Waals surface area contributed by atoms with E-state index < -0.39 is 5.41 Å². The second-order valence-electron chi connectivity index (χ2n) is 5.03. The van der Waals surface area contributed by atoms with Gasteiger partial charge in [-0.3, -0.25) is 4.79 Å². The molecule has 0 heterocycles. The van der Waals surface area contributed by atoms with E-state index in [4.69, 9.17) is 4.74 Å². The number of methoxy groups -OCH3 is 1. The molecular formula is C11H21NO2. The summed E-state index contributed by atoms with van der Waals surface area (Å²) in [5.74, 6) is 0.700. The SMILES string of the molecule is COC(=O)C(C)(C)CNC1CC(C)C1. The zero-order valence-electron chi connectivity index (χ0n) is 9.59. The molecule has 1 N–H and O–H groups in total. The van der Waals surface area contributed by atoms with Crippen molar-refractivity contribution in [1.29, 1.82) is 0 Å². The molecule has 0 spiro atoms. The first-order valence-corrected chi connectivity index (χ1v) is 5.27. The van der Waals surface area contributed by atoms with Gasteiger partial charge in [0.05, 0.1) is 12.5 Å². The van der Waals surface area contributed by atoms with Gasteiger partial charge in [0, 0.05) is 12.6 Å². The van der Waals surface area contributed by atoms with Gasteiger partial charge >= 0.3 is 5.97 Å². The maximum atomic E-state index is 11.4. The van der Waals surface area contributed by atoms with Gasteiger partial charge in [0.2, 0.25) is 0 Å². The van der Waals surface area contributed by atoms with Crippen molar-refractivity contribution in [1.82, 2.24) is 5.32 Å². The minimum absolute atomic E-state index is 0.141. The van der Waals surface area contributed by atoms with Crippen LogP contribution in [0.4, 0.5) is 0 Å². The van der Waals surface area contributed by atoms with Crippen molar-refractivity contribution >= 4 is 5.97 Å². The van der Waals surface area contributed by atoms with Crippen LogP contribution in [-0.2, 0) is 9.53 Å². The fraction of sp³-hybridized carbons (Fsp3) is 0.909. The summed E-state index contributed by atoms with van der Waals surface area (Å²) in [5, 5.41) is 3.40. The number of hydrogen-bond donors (Lipinski definition) is 1. The minimum Gasteiger partial charge on any atom is -0.469 e. The molecule has 0 saturated heterocycles. The molecular weight excluding hydrogens is 178 g/mol. The molecule has 0 unspecified atom stereocenters. The molecule has 0 aromatic heterocycles. The van der Waals surface area contributed by atoms with Crippen LogP contribution >= 0.6 is 0 Å². The first kappa shape index (κ1) is 11.5. The molecule has 3 heteroatoms. The van der Waals surface area contributed by atoms with E-state index in [1.165, 1.54) is 20.0 Å². The van der Waals surface area contributed by atoms with Crippen LogP contribution in [0.15, 0.2) is 0 Å². The van der Waals surface area contributed by atoms with E-state index in [1.54, 1.807) is 0 Å². The highest BCUT2D eigenvalue weighted by molar-refractivity contribution is 5.76. The summed E-state index contributed by atoms with van der Waals surface area (Å²) in [4.78, 5) is 11.4. The van der Waals surface area contributed by atoms with Crippen molar-refractivity contribution in [2.45, 2.75) is 39.7 Å². The van der Waals surface area contributed by atoms with Crippen LogP contribution < -0.4 is 5.32 Å². The van der Waals surface area contributed by atoms with Gasteiger partial charge in [-0.2, -0.15) is 0 Å². The highest BCUT2D eigenvalue weighted by Gasteiger charge is 2.31. The number of carbonyl (C=O) groups excluding carboxylic acids is 1. The van der Waals surface area contributed by atoms with E-state index in [0.29, 0.717) is 12.6 Å². The highest BCUT2D eigenvalue weighted by Crippen LogP contribution is 2.27. The van der Waals surface area contributed by atoms with Crippen molar-refractivity contribution in [3.8, 4) is 0 Å². The van der Waals surface area contributed by atoms with E-state index >= 15 is 0 Å². The second-order valence-corrected chi connectivity index (χ2v) is 5.03. The third-order valence-electron chi connectivity index (χ3n) is 2.94. The average molecular weight is 199 g/mol. The van der Waals surface area contributed by atoms with Crippen molar-refractivity contribution in [3.63, 3.8) is 0 Å². The van der Waals surface area contributed by atoms with E-state index in [0.717, 1.165) is 5.92 Å². The molecule has 0 bridgehead atoms. The average Bonchev–Trinajstić information content (AvgIpc) is 2.09. The second kappa shape index (κ2) is 4.30. The van der Waals surface area contributed by atoms with Crippen molar-refractivity contribution < 1.29 is 9.53 Å². The van der Waals surface area contributed by atoms with E-state index in [2.05, 4.69) is 12.2 Å². The fourth-order valence-corrected chi connectivity index (χ4v) is 1.82. The van der Waals surface area contributed by atoms with Crippen LogP contribution in [0, 0.1) is 11.3 Å². The van der Waals surface area contributed by atoms with Crippen molar-refractivity contribution in [2.75, 3.05) is 13.7 Å². The van der Waals surface area contributed by atoms with Crippen LogP contribution in [0.25, 0.3) is 0 Å². The van der Waals surface area contributed by atoms with E-state index in [9.17, 15) is 4.79 Å². The summed E-state index contributed by atoms with van der Waals surface area (Å²) in [6.45, 7) is 6.78. The Balaban J connectivity index is 2.26. The molecule has 1 rings (SSSR count). The summed E-state index contributed by atoms with van der Waals surface area (Å²) in [5.41, 5.74) is -0.409. The normalized spacial score (nSPS) is 26.9. The molecule has 0 aromatic rings. The lowest BCUT2D eigenvalue weighted by atomic mass is 9.81. The zero-order valence-corrected chi connectivity index (χ0v) is 9.59. The predicted octanol–water partition coefficient (Wildman–Crippen LogP) is 1.57. The lowest BCUT2D eigenvalue weighted by Crippen LogP contribution is -2.46. The molecule has 0 amide bonds. The Morgan fingerprint density at radius 2 is 2.07 bits per heavy atom. The van der Waals surface area contributed by atoms with Gasteiger partial charge < -0.3 is 10.1 Å². The molecule has 14 heavy (non-hydrogen) atoms. The minimum atomic E-state index is -0.409. The smallest absolute Gasteiger partial charge is 0.312 e. The first-order valence-electron chi connectivity index (χ1n) is 5.27. The van der Waals surface area contributed by atoms with Gasteiger partial charge in [-0.05, 0) is 32.6 Å². The van der Waals surface area contributed by atoms with Gasteiger partial charge in [-0.1, -0.05) is 6.92 Å². The van der Waals surface area contributed by atoms with Gasteiger partial charge in [0.15, 0.2) is 0 Å². The van der Waals surface area contributed by atoms with Crippen LogP contribution in [0.5, 0.6) is 0 Å². The Hall–Kier alpha value is -0.570. The standard InChI is InChI=1S/C11H21NO2/c1-8-5-9(6-8)12-7-11(2,3)10(13)14-4/h8-9,12H,5-7H2,1-4H3. The Bertz CT molecular complexity index is 207. The predicted molar refractivity (Wildman–Crippen MR) is 56.0 cm³/mol. The maximum Gasteiger partial charge on any atom is 0.312 e. The Morgan fingerprint density at radius 1 is 1.50 bits per heavy atom. The largest absolute Gasteiger partial charge is 0.469 e. The van der Waals surface area contributed by atoms with Gasteiger partial charge in [0.25, 0.3) is 0 Å². The van der Waals surface area contributed by atoms with Crippen LogP contribution in [-0.4, -0.2) is 25.7 Å². The summed E-state index contributed by atoms with van der Waals surface area (Å²) < 4.78 is 4.74.